The summed E-state index contributed by atoms with van der Waals surface area (Å²) in [7, 11) is 3.51. The van der Waals surface area contributed by atoms with Gasteiger partial charge in [0.1, 0.15) is 12.6 Å². The number of hydrogen-bond donors (Lipinski definition) is 1. The summed E-state index contributed by atoms with van der Waals surface area (Å²) in [5.74, 6) is 0.748. The molecule has 3 rings (SSSR count). The van der Waals surface area contributed by atoms with Crippen LogP contribution in [0, 0.1) is 6.92 Å². The van der Waals surface area contributed by atoms with Gasteiger partial charge in [-0.1, -0.05) is 24.3 Å². The van der Waals surface area contributed by atoms with Gasteiger partial charge >= 0.3 is 0 Å². The number of aliphatic imine (C=N–C) groups is 1. The topological polar surface area (TPSA) is 66.4 Å². The Bertz CT molecular complexity index is 701. The minimum Gasteiger partial charge on any atom is -0.376 e. The van der Waals surface area contributed by atoms with Crippen molar-refractivity contribution in [1.29, 1.82) is 0 Å². The van der Waals surface area contributed by atoms with Crippen molar-refractivity contribution in [3.63, 3.8) is 0 Å². The number of nitrogens with one attached hydrogen (secondary N) is 1. The average Bonchev–Trinajstić information content (AvgIpc) is 2.74. The van der Waals surface area contributed by atoms with Crippen molar-refractivity contribution in [2.45, 2.75) is 38.4 Å². The van der Waals surface area contributed by atoms with Gasteiger partial charge in [-0.2, -0.15) is 0 Å². The van der Waals surface area contributed by atoms with Crippen molar-refractivity contribution >= 4 is 11.9 Å². The molecule has 0 saturated carbocycles. The summed E-state index contributed by atoms with van der Waals surface area (Å²) in [6.07, 6.45) is 3.59. The molecule has 160 valence electrons. The maximum absolute atomic E-state index is 12.1. The molecule has 29 heavy (non-hydrogen) atoms. The third kappa shape index (κ3) is 6.18. The minimum absolute atomic E-state index is 0.00701. The van der Waals surface area contributed by atoms with Crippen molar-refractivity contribution in [3.8, 4) is 0 Å². The zero-order valence-electron chi connectivity index (χ0n) is 17.9. The van der Waals surface area contributed by atoms with Crippen molar-refractivity contribution < 1.29 is 14.3 Å². The van der Waals surface area contributed by atoms with E-state index in [2.05, 4.69) is 34.3 Å². The number of benzene rings is 1. The van der Waals surface area contributed by atoms with E-state index in [4.69, 9.17) is 9.47 Å². The van der Waals surface area contributed by atoms with E-state index in [0.717, 1.165) is 32.0 Å². The maximum Gasteiger partial charge on any atom is 0.243 e. The van der Waals surface area contributed by atoms with Crippen molar-refractivity contribution in [1.82, 2.24) is 15.1 Å². The highest BCUT2D eigenvalue weighted by atomic mass is 16.5. The summed E-state index contributed by atoms with van der Waals surface area (Å²) in [4.78, 5) is 20.5. The van der Waals surface area contributed by atoms with Gasteiger partial charge in [-0.05, 0) is 37.3 Å². The second-order valence-electron chi connectivity index (χ2n) is 7.96. The maximum atomic E-state index is 12.1. The monoisotopic (exact) mass is 402 g/mol. The van der Waals surface area contributed by atoms with Gasteiger partial charge in [0.05, 0.1) is 19.3 Å². The molecule has 1 aromatic carbocycles. The molecule has 0 aromatic heterocycles. The zero-order valence-corrected chi connectivity index (χ0v) is 17.9. The van der Waals surface area contributed by atoms with Crippen LogP contribution >= 0.6 is 0 Å². The molecule has 2 saturated heterocycles. The van der Waals surface area contributed by atoms with Crippen molar-refractivity contribution in [3.05, 3.63) is 35.4 Å². The molecule has 2 atom stereocenters. The molecule has 7 heteroatoms. The predicted octanol–water partition coefficient (Wildman–Crippen LogP) is 1.97. The summed E-state index contributed by atoms with van der Waals surface area (Å²) in [5.41, 5.74) is 2.43. The third-order valence-electron chi connectivity index (χ3n) is 5.53. The number of guanidine groups is 1. The van der Waals surface area contributed by atoms with E-state index >= 15 is 0 Å². The molecule has 1 amide bonds. The predicted molar refractivity (Wildman–Crippen MR) is 114 cm³/mol. The Morgan fingerprint density at radius 2 is 2.07 bits per heavy atom. The van der Waals surface area contributed by atoms with Gasteiger partial charge in [-0.25, -0.2) is 4.99 Å². The van der Waals surface area contributed by atoms with Crippen LogP contribution in [-0.2, 0) is 14.3 Å². The quantitative estimate of drug-likeness (QED) is 0.603. The van der Waals surface area contributed by atoms with E-state index in [1.165, 1.54) is 17.5 Å². The van der Waals surface area contributed by atoms with Crippen LogP contribution in [0.4, 0.5) is 0 Å². The largest absolute Gasteiger partial charge is 0.376 e. The van der Waals surface area contributed by atoms with Crippen LogP contribution in [-0.4, -0.2) is 81.3 Å². The molecule has 1 N–H and O–H groups in total. The molecule has 1 aromatic rings. The second kappa shape index (κ2) is 10.6. The fourth-order valence-corrected chi connectivity index (χ4v) is 3.70. The number of rotatable bonds is 5. The standard InChI is InChI=1S/C22H34N4O3/c1-17-8-4-5-10-19(17)20-16-26(11-13-29-20)22(24-15-21(27)25(2)3)23-14-18-9-6-7-12-28-18/h4-5,8,10,18,20H,6-7,9,11-16H2,1-3H3,(H,23,24). The van der Waals surface area contributed by atoms with Gasteiger partial charge in [0.15, 0.2) is 5.96 Å². The Kier molecular flexibility index (Phi) is 7.89. The molecular formula is C22H34N4O3. The number of aryl methyl sites for hydroxylation is 1. The van der Waals surface area contributed by atoms with E-state index in [-0.39, 0.29) is 24.7 Å². The summed E-state index contributed by atoms with van der Waals surface area (Å²) >= 11 is 0. The molecule has 2 heterocycles. The number of amides is 1. The molecule has 0 radical (unpaired) electrons. The van der Waals surface area contributed by atoms with Gasteiger partial charge in [0, 0.05) is 33.8 Å². The number of likely N-dealkylation sites (N-methyl/N-ethyl adjacent to an activating group) is 1. The summed E-state index contributed by atoms with van der Waals surface area (Å²) in [6, 6.07) is 8.33. The van der Waals surface area contributed by atoms with Gasteiger partial charge in [-0.3, -0.25) is 4.79 Å². The van der Waals surface area contributed by atoms with Crippen molar-refractivity contribution in [2.75, 3.05) is 53.5 Å². The normalized spacial score (nSPS) is 23.0. The number of ether oxygens (including phenoxy) is 2. The number of hydrogen-bond acceptors (Lipinski definition) is 4. The van der Waals surface area contributed by atoms with Crippen LogP contribution in [0.5, 0.6) is 0 Å². The summed E-state index contributed by atoms with van der Waals surface area (Å²) in [6.45, 7) is 5.86. The number of nitrogens with zero attached hydrogens (tertiary/aromatic N) is 3. The third-order valence-corrected chi connectivity index (χ3v) is 5.53. The second-order valence-corrected chi connectivity index (χ2v) is 7.96. The smallest absolute Gasteiger partial charge is 0.243 e. The van der Waals surface area contributed by atoms with Gasteiger partial charge in [-0.15, -0.1) is 0 Å². The number of carbonyl (C=O) groups is 1. The van der Waals surface area contributed by atoms with Gasteiger partial charge < -0.3 is 24.6 Å². The Labute approximate surface area is 174 Å². The van der Waals surface area contributed by atoms with Gasteiger partial charge in [0.25, 0.3) is 0 Å². The summed E-state index contributed by atoms with van der Waals surface area (Å²) < 4.78 is 11.9. The Hall–Kier alpha value is -2.12. The highest BCUT2D eigenvalue weighted by Gasteiger charge is 2.26. The first-order valence-corrected chi connectivity index (χ1v) is 10.6. The SMILES string of the molecule is Cc1ccccc1C1CN(C(=NCC(=O)N(C)C)NCC2CCCCO2)CCO1. The Morgan fingerprint density at radius 1 is 1.24 bits per heavy atom. The first-order valence-electron chi connectivity index (χ1n) is 10.6. The first-order chi connectivity index (χ1) is 14.0. The molecule has 2 fully saturated rings. The molecule has 0 spiro atoms. The number of carbonyl (C=O) groups excluding carboxylic acids is 1. The van der Waals surface area contributed by atoms with Crippen LogP contribution in [0.2, 0.25) is 0 Å². The van der Waals surface area contributed by atoms with E-state index in [1.807, 2.05) is 12.1 Å². The minimum atomic E-state index is -0.0121. The van der Waals surface area contributed by atoms with Crippen LogP contribution < -0.4 is 5.32 Å². The first kappa shape index (κ1) is 21.6. The van der Waals surface area contributed by atoms with Crippen LogP contribution in [0.1, 0.15) is 36.5 Å². The van der Waals surface area contributed by atoms with Gasteiger partial charge in [0.2, 0.25) is 5.91 Å². The van der Waals surface area contributed by atoms with Crippen LogP contribution in [0.3, 0.4) is 0 Å². The fraction of sp³-hybridized carbons (Fsp3) is 0.636. The van der Waals surface area contributed by atoms with E-state index in [9.17, 15) is 4.79 Å². The highest BCUT2D eigenvalue weighted by Crippen LogP contribution is 2.25. The Balaban J connectivity index is 1.70. The van der Waals surface area contributed by atoms with Crippen molar-refractivity contribution in [2.24, 2.45) is 4.99 Å². The van der Waals surface area contributed by atoms with E-state index in [1.54, 1.807) is 19.0 Å². The molecular weight excluding hydrogens is 368 g/mol. The lowest BCUT2D eigenvalue weighted by molar-refractivity contribution is -0.127. The lowest BCUT2D eigenvalue weighted by Crippen LogP contribution is -2.50. The van der Waals surface area contributed by atoms with Crippen LogP contribution in [0.15, 0.2) is 29.3 Å². The molecule has 7 nitrogen and oxygen atoms in total. The molecule has 2 aliphatic heterocycles. The zero-order chi connectivity index (χ0) is 20.6. The lowest BCUT2D eigenvalue weighted by atomic mass is 10.0. The Morgan fingerprint density at radius 3 is 2.79 bits per heavy atom. The summed E-state index contributed by atoms with van der Waals surface area (Å²) in [5, 5.41) is 3.46. The highest BCUT2D eigenvalue weighted by molar-refractivity contribution is 5.85. The average molecular weight is 403 g/mol. The number of morpholine rings is 1. The molecule has 2 aliphatic rings. The van der Waals surface area contributed by atoms with E-state index < -0.39 is 0 Å². The van der Waals surface area contributed by atoms with E-state index in [0.29, 0.717) is 19.7 Å². The molecule has 0 bridgehead atoms. The van der Waals surface area contributed by atoms with Crippen LogP contribution in [0.25, 0.3) is 0 Å². The fourth-order valence-electron chi connectivity index (χ4n) is 3.70. The molecule has 2 unspecified atom stereocenters. The lowest BCUT2D eigenvalue weighted by Gasteiger charge is -2.36. The molecule has 0 aliphatic carbocycles.